The quantitative estimate of drug-likeness (QED) is 0.607. The molecule has 4 rings (SSSR count). The molecule has 0 N–H and O–H groups in total. The van der Waals surface area contributed by atoms with E-state index in [2.05, 4.69) is 4.98 Å². The zero-order valence-corrected chi connectivity index (χ0v) is 17.7. The summed E-state index contributed by atoms with van der Waals surface area (Å²) in [7, 11) is 0. The van der Waals surface area contributed by atoms with Crippen LogP contribution in [-0.4, -0.2) is 59.4 Å². The summed E-state index contributed by atoms with van der Waals surface area (Å²) in [5, 5.41) is 1.48. The Morgan fingerprint density at radius 2 is 1.83 bits per heavy atom. The molecule has 3 heterocycles. The molecule has 1 aromatic carbocycles. The van der Waals surface area contributed by atoms with E-state index in [0.717, 1.165) is 5.69 Å². The Hall–Kier alpha value is -2.77. The number of aryl methyl sites for hydroxylation is 1. The first-order valence-corrected chi connectivity index (χ1v) is 10.2. The third-order valence-electron chi connectivity index (χ3n) is 4.97. The van der Waals surface area contributed by atoms with Gasteiger partial charge in [0.2, 0.25) is 0 Å². The largest absolute Gasteiger partial charge is 0.480 e. The Morgan fingerprint density at radius 3 is 2.53 bits per heavy atom. The van der Waals surface area contributed by atoms with E-state index in [1.165, 1.54) is 6.26 Å². The molecule has 1 fully saturated rings. The molecule has 3 aromatic rings. The van der Waals surface area contributed by atoms with Crippen LogP contribution in [0.5, 0.6) is 5.75 Å². The summed E-state index contributed by atoms with van der Waals surface area (Å²) in [5.41, 5.74) is 1.31. The predicted octanol–water partition coefficient (Wildman–Crippen LogP) is 3.81. The monoisotopic (exact) mass is 447 g/mol. The zero-order valence-electron chi connectivity index (χ0n) is 16.2. The number of piperazine rings is 1. The molecule has 156 valence electrons. The number of carbonyl (C=O) groups is 2. The maximum absolute atomic E-state index is 12.6. The maximum Gasteiger partial charge on any atom is 0.289 e. The number of halogens is 2. The van der Waals surface area contributed by atoms with Gasteiger partial charge in [0, 0.05) is 37.3 Å². The minimum Gasteiger partial charge on any atom is -0.480 e. The van der Waals surface area contributed by atoms with Gasteiger partial charge in [0.05, 0.1) is 16.3 Å². The lowest BCUT2D eigenvalue weighted by Crippen LogP contribution is -2.51. The van der Waals surface area contributed by atoms with Gasteiger partial charge in [0.25, 0.3) is 11.8 Å². The fourth-order valence-electron chi connectivity index (χ4n) is 3.37. The van der Waals surface area contributed by atoms with Crippen LogP contribution < -0.4 is 4.74 Å². The van der Waals surface area contributed by atoms with Gasteiger partial charge >= 0.3 is 0 Å². The summed E-state index contributed by atoms with van der Waals surface area (Å²) in [6, 6.07) is 8.58. The van der Waals surface area contributed by atoms with Crippen molar-refractivity contribution >= 4 is 45.9 Å². The van der Waals surface area contributed by atoms with Gasteiger partial charge in [-0.15, -0.1) is 0 Å². The Balaban J connectivity index is 1.40. The lowest BCUT2D eigenvalue weighted by molar-refractivity contribution is -0.134. The molecule has 0 aliphatic carbocycles. The van der Waals surface area contributed by atoms with Crippen LogP contribution in [0.4, 0.5) is 0 Å². The van der Waals surface area contributed by atoms with E-state index >= 15 is 0 Å². The summed E-state index contributed by atoms with van der Waals surface area (Å²) in [5.74, 6) is 0.265. The molecule has 9 heteroatoms. The van der Waals surface area contributed by atoms with Crippen molar-refractivity contribution in [1.29, 1.82) is 0 Å². The van der Waals surface area contributed by atoms with E-state index < -0.39 is 0 Å². The summed E-state index contributed by atoms with van der Waals surface area (Å²) < 4.78 is 10.9. The number of aromatic nitrogens is 1. The second kappa shape index (κ2) is 8.53. The molecule has 1 saturated heterocycles. The van der Waals surface area contributed by atoms with Crippen LogP contribution in [0.3, 0.4) is 0 Å². The molecular formula is C21H19Cl2N3O4. The number of furan rings is 1. The highest BCUT2D eigenvalue weighted by Gasteiger charge is 2.26. The first kappa shape index (κ1) is 20.5. The number of nitrogens with zero attached hydrogens (tertiary/aromatic N) is 3. The Morgan fingerprint density at radius 1 is 1.10 bits per heavy atom. The Kier molecular flexibility index (Phi) is 5.83. The highest BCUT2D eigenvalue weighted by molar-refractivity contribution is 6.39. The SMILES string of the molecule is Cc1ccc2c(Cl)cc(Cl)c(OCC(=O)N3CCN(C(=O)c4ccco4)CC3)c2n1. The van der Waals surface area contributed by atoms with E-state index in [4.69, 9.17) is 32.4 Å². The standard InChI is InChI=1S/C21H19Cl2N3O4/c1-13-4-5-14-15(22)11-16(23)20(19(14)24-13)30-12-18(27)25-6-8-26(9-7-25)21(28)17-3-2-10-29-17/h2-5,10-11H,6-9,12H2,1H3. The summed E-state index contributed by atoms with van der Waals surface area (Å²) in [4.78, 5) is 32.8. The van der Waals surface area contributed by atoms with Crippen molar-refractivity contribution in [3.05, 3.63) is 58.1 Å². The van der Waals surface area contributed by atoms with Crippen LogP contribution in [0.15, 0.2) is 41.0 Å². The number of pyridine rings is 1. The van der Waals surface area contributed by atoms with Crippen molar-refractivity contribution in [1.82, 2.24) is 14.8 Å². The number of rotatable bonds is 4. The van der Waals surface area contributed by atoms with Crippen LogP contribution in [-0.2, 0) is 4.79 Å². The molecule has 2 aromatic heterocycles. The minimum absolute atomic E-state index is 0.177. The van der Waals surface area contributed by atoms with E-state index in [-0.39, 0.29) is 18.4 Å². The van der Waals surface area contributed by atoms with Gasteiger partial charge in [0.1, 0.15) is 5.52 Å². The number of hydrogen-bond donors (Lipinski definition) is 0. The van der Waals surface area contributed by atoms with Crippen LogP contribution in [0, 0.1) is 6.92 Å². The normalized spacial score (nSPS) is 14.2. The van der Waals surface area contributed by atoms with E-state index in [1.54, 1.807) is 28.0 Å². The number of ether oxygens (including phenoxy) is 1. The smallest absolute Gasteiger partial charge is 0.289 e. The molecule has 1 aliphatic rings. The van der Waals surface area contributed by atoms with E-state index in [9.17, 15) is 9.59 Å². The van der Waals surface area contributed by atoms with Crippen molar-refractivity contribution in [2.24, 2.45) is 0 Å². The van der Waals surface area contributed by atoms with Crippen molar-refractivity contribution in [2.45, 2.75) is 6.92 Å². The average molecular weight is 448 g/mol. The van der Waals surface area contributed by atoms with Crippen LogP contribution in [0.1, 0.15) is 16.2 Å². The highest BCUT2D eigenvalue weighted by Crippen LogP contribution is 2.37. The van der Waals surface area contributed by atoms with Gasteiger partial charge in [-0.1, -0.05) is 23.2 Å². The maximum atomic E-state index is 12.6. The lowest BCUT2D eigenvalue weighted by atomic mass is 10.2. The summed E-state index contributed by atoms with van der Waals surface area (Å²) in [6.45, 7) is 3.36. The van der Waals surface area contributed by atoms with Crippen LogP contribution >= 0.6 is 23.2 Å². The molecule has 0 spiro atoms. The molecular weight excluding hydrogens is 429 g/mol. The van der Waals surface area contributed by atoms with Gasteiger partial charge in [-0.2, -0.15) is 0 Å². The Bertz CT molecular complexity index is 1090. The van der Waals surface area contributed by atoms with Gasteiger partial charge < -0.3 is 19.0 Å². The second-order valence-corrected chi connectivity index (χ2v) is 7.77. The minimum atomic E-state index is -0.188. The number of hydrogen-bond acceptors (Lipinski definition) is 5. The fourth-order valence-corrected chi connectivity index (χ4v) is 3.94. The molecule has 30 heavy (non-hydrogen) atoms. The molecule has 0 radical (unpaired) electrons. The average Bonchev–Trinajstić information content (AvgIpc) is 3.27. The second-order valence-electron chi connectivity index (χ2n) is 6.96. The third kappa shape index (κ3) is 4.08. The topological polar surface area (TPSA) is 75.9 Å². The van der Waals surface area contributed by atoms with Crippen LogP contribution in [0.25, 0.3) is 10.9 Å². The van der Waals surface area contributed by atoms with Crippen molar-refractivity contribution in [2.75, 3.05) is 32.8 Å². The molecule has 0 bridgehead atoms. The number of carbonyl (C=O) groups excluding carboxylic acids is 2. The van der Waals surface area contributed by atoms with Crippen LogP contribution in [0.2, 0.25) is 10.0 Å². The predicted molar refractivity (Wildman–Crippen MR) is 113 cm³/mol. The summed E-state index contributed by atoms with van der Waals surface area (Å²) in [6.07, 6.45) is 1.46. The molecule has 1 aliphatic heterocycles. The highest BCUT2D eigenvalue weighted by atomic mass is 35.5. The first-order chi connectivity index (χ1) is 14.4. The molecule has 7 nitrogen and oxygen atoms in total. The molecule has 0 saturated carbocycles. The molecule has 0 unspecified atom stereocenters. The number of fused-ring (bicyclic) bond motifs is 1. The van der Waals surface area contributed by atoms with Gasteiger partial charge in [-0.25, -0.2) is 4.98 Å². The number of amides is 2. The van der Waals surface area contributed by atoms with Crippen molar-refractivity contribution in [3.8, 4) is 5.75 Å². The third-order valence-corrected chi connectivity index (χ3v) is 5.56. The molecule has 0 atom stereocenters. The van der Waals surface area contributed by atoms with Gasteiger partial charge in [-0.3, -0.25) is 9.59 Å². The van der Waals surface area contributed by atoms with Gasteiger partial charge in [0.15, 0.2) is 18.1 Å². The number of benzene rings is 1. The first-order valence-electron chi connectivity index (χ1n) is 9.43. The molecule has 2 amide bonds. The van der Waals surface area contributed by atoms with E-state index in [0.29, 0.717) is 58.6 Å². The van der Waals surface area contributed by atoms with E-state index in [1.807, 2.05) is 19.1 Å². The fraction of sp³-hybridized carbons (Fsp3) is 0.286. The zero-order chi connectivity index (χ0) is 21.3. The summed E-state index contributed by atoms with van der Waals surface area (Å²) >= 11 is 12.6. The van der Waals surface area contributed by atoms with Gasteiger partial charge in [-0.05, 0) is 37.3 Å². The van der Waals surface area contributed by atoms with Crippen molar-refractivity contribution < 1.29 is 18.7 Å². The van der Waals surface area contributed by atoms with Crippen molar-refractivity contribution in [3.63, 3.8) is 0 Å². The lowest BCUT2D eigenvalue weighted by Gasteiger charge is -2.34. The Labute approximate surface area is 183 Å².